The van der Waals surface area contributed by atoms with E-state index in [0.717, 1.165) is 5.90 Å². The molecule has 0 N–H and O–H groups in total. The van der Waals surface area contributed by atoms with E-state index in [-0.39, 0.29) is 16.6 Å². The Morgan fingerprint density at radius 1 is 0.909 bits per heavy atom. The molecule has 22 heavy (non-hydrogen) atoms. The van der Waals surface area contributed by atoms with Gasteiger partial charge in [0.05, 0.1) is 5.92 Å². The first-order valence-corrected chi connectivity index (χ1v) is 8.54. The number of fused-ring (bicyclic) bond motifs is 3. The van der Waals surface area contributed by atoms with Gasteiger partial charge in [-0.2, -0.15) is 4.58 Å². The molecule has 0 bridgehead atoms. The average Bonchev–Trinajstić information content (AvgIpc) is 2.76. The number of hydrogen-bond donors (Lipinski definition) is 0. The van der Waals surface area contributed by atoms with Crippen LogP contribution in [0.1, 0.15) is 66.5 Å². The fourth-order valence-corrected chi connectivity index (χ4v) is 4.81. The summed E-state index contributed by atoms with van der Waals surface area (Å²) < 4.78 is 9.28. The zero-order valence-electron chi connectivity index (χ0n) is 15.3. The smallest absolute Gasteiger partial charge is 0.340 e. The van der Waals surface area contributed by atoms with Gasteiger partial charge in [-0.25, -0.2) is 0 Å². The van der Waals surface area contributed by atoms with Crippen molar-refractivity contribution < 1.29 is 9.31 Å². The molecule has 0 saturated carbocycles. The fraction of sp³-hybridized carbons (Fsp3) is 0.650. The highest BCUT2D eigenvalue weighted by molar-refractivity contribution is 5.77. The van der Waals surface area contributed by atoms with Crippen molar-refractivity contribution in [3.05, 3.63) is 35.4 Å². The Balaban J connectivity index is 2.37. The van der Waals surface area contributed by atoms with Gasteiger partial charge < -0.3 is 4.74 Å². The zero-order valence-corrected chi connectivity index (χ0v) is 15.3. The van der Waals surface area contributed by atoms with E-state index in [0.29, 0.717) is 12.0 Å². The summed E-state index contributed by atoms with van der Waals surface area (Å²) in [6, 6.07) is 9.30. The van der Waals surface area contributed by atoms with E-state index in [2.05, 4.69) is 84.2 Å². The molecule has 1 aromatic carbocycles. The van der Waals surface area contributed by atoms with Crippen molar-refractivity contribution in [3.63, 3.8) is 0 Å². The first kappa shape index (κ1) is 15.6. The molecule has 120 valence electrons. The highest BCUT2D eigenvalue weighted by atomic mass is 16.5. The first-order valence-electron chi connectivity index (χ1n) is 8.54. The van der Waals surface area contributed by atoms with Gasteiger partial charge in [0.25, 0.3) is 0 Å². The van der Waals surface area contributed by atoms with Crippen molar-refractivity contribution in [2.75, 3.05) is 0 Å². The standard InChI is InChI=1S/C20H30NO/c1-13(2)17-21(14(3)4)19(7)16-12-10-9-11-15(16)18(5,6)20(19,8)22-17/h9-14H,1-8H3/q+1/t19-,20+/m0/s1. The highest BCUT2D eigenvalue weighted by Gasteiger charge is 2.75. The summed E-state index contributed by atoms with van der Waals surface area (Å²) in [5.74, 6) is 1.53. The second kappa shape index (κ2) is 4.37. The first-order chi connectivity index (χ1) is 10.1. The quantitative estimate of drug-likeness (QED) is 0.735. The Hall–Kier alpha value is -1.31. The number of nitrogens with zero attached hydrogens (tertiary/aromatic N) is 1. The van der Waals surface area contributed by atoms with E-state index < -0.39 is 0 Å². The van der Waals surface area contributed by atoms with Gasteiger partial charge in [0.2, 0.25) is 5.54 Å². The lowest BCUT2D eigenvalue weighted by Crippen LogP contribution is -2.56. The monoisotopic (exact) mass is 300 g/mol. The van der Waals surface area contributed by atoms with Crippen molar-refractivity contribution in [2.24, 2.45) is 5.92 Å². The van der Waals surface area contributed by atoms with Gasteiger partial charge in [-0.1, -0.05) is 38.1 Å². The van der Waals surface area contributed by atoms with Crippen molar-refractivity contribution in [2.45, 2.75) is 78.0 Å². The number of ether oxygens (including phenoxy) is 1. The van der Waals surface area contributed by atoms with E-state index in [1.807, 2.05) is 0 Å². The van der Waals surface area contributed by atoms with Gasteiger partial charge >= 0.3 is 5.90 Å². The molecular formula is C20H30NO+. The Kier molecular flexibility index (Phi) is 3.09. The Morgan fingerprint density at radius 2 is 1.45 bits per heavy atom. The summed E-state index contributed by atoms with van der Waals surface area (Å²) in [6.45, 7) is 18.4. The van der Waals surface area contributed by atoms with Gasteiger partial charge in [-0.05, 0) is 40.2 Å². The van der Waals surface area contributed by atoms with Crippen molar-refractivity contribution >= 4 is 5.90 Å². The van der Waals surface area contributed by atoms with E-state index in [9.17, 15) is 0 Å². The van der Waals surface area contributed by atoms with Crippen LogP contribution >= 0.6 is 0 Å². The molecule has 1 aliphatic heterocycles. The number of rotatable bonds is 2. The predicted molar refractivity (Wildman–Crippen MR) is 91.6 cm³/mol. The van der Waals surface area contributed by atoms with Crippen molar-refractivity contribution in [1.29, 1.82) is 0 Å². The molecule has 1 aliphatic carbocycles. The van der Waals surface area contributed by atoms with E-state index in [1.165, 1.54) is 11.1 Å². The maximum Gasteiger partial charge on any atom is 0.340 e. The van der Waals surface area contributed by atoms with Crippen LogP contribution in [0.15, 0.2) is 24.3 Å². The molecule has 0 saturated heterocycles. The summed E-state index contributed by atoms with van der Waals surface area (Å²) in [4.78, 5) is 0. The molecule has 0 spiro atoms. The van der Waals surface area contributed by atoms with E-state index in [4.69, 9.17) is 4.74 Å². The minimum atomic E-state index is -0.256. The Bertz CT molecular complexity index is 655. The molecule has 3 rings (SSSR count). The van der Waals surface area contributed by atoms with Crippen LogP contribution in [0.2, 0.25) is 0 Å². The van der Waals surface area contributed by atoms with Gasteiger partial charge in [-0.3, -0.25) is 0 Å². The van der Waals surface area contributed by atoms with Crippen LogP contribution in [0, 0.1) is 5.92 Å². The molecule has 1 heterocycles. The molecule has 0 radical (unpaired) electrons. The normalized spacial score (nSPS) is 32.5. The van der Waals surface area contributed by atoms with Gasteiger partial charge in [0, 0.05) is 17.9 Å². The lowest BCUT2D eigenvalue weighted by atomic mass is 9.70. The van der Waals surface area contributed by atoms with Crippen LogP contribution in [0.25, 0.3) is 0 Å². The Morgan fingerprint density at radius 3 is 1.95 bits per heavy atom. The molecule has 0 fully saturated rings. The van der Waals surface area contributed by atoms with Crippen LogP contribution in [0.3, 0.4) is 0 Å². The van der Waals surface area contributed by atoms with Gasteiger partial charge in [-0.15, -0.1) is 0 Å². The van der Waals surface area contributed by atoms with Crippen molar-refractivity contribution in [1.82, 2.24) is 0 Å². The summed E-state index contributed by atoms with van der Waals surface area (Å²) in [5, 5.41) is 0. The molecule has 2 aliphatic rings. The molecular weight excluding hydrogens is 270 g/mol. The summed E-state index contributed by atoms with van der Waals surface area (Å²) in [5.41, 5.74) is 2.44. The van der Waals surface area contributed by atoms with Crippen molar-refractivity contribution in [3.8, 4) is 0 Å². The van der Waals surface area contributed by atoms with Crippen LogP contribution in [-0.4, -0.2) is 22.1 Å². The molecule has 0 aromatic heterocycles. The van der Waals surface area contributed by atoms with Crippen LogP contribution in [0.4, 0.5) is 0 Å². The van der Waals surface area contributed by atoms with E-state index in [1.54, 1.807) is 0 Å². The average molecular weight is 300 g/mol. The third-order valence-electron chi connectivity index (χ3n) is 6.28. The fourth-order valence-electron chi connectivity index (χ4n) is 4.81. The SMILES string of the molecule is CC(C)C1=[N+](C(C)C)[C@@]2(C)c3ccccc3C(C)(C)[C@@]2(C)O1. The molecule has 2 atom stereocenters. The molecule has 2 heteroatoms. The topological polar surface area (TPSA) is 12.2 Å². The predicted octanol–water partition coefficient (Wildman–Crippen LogP) is 4.46. The molecule has 1 aromatic rings. The molecule has 0 amide bonds. The third-order valence-corrected chi connectivity index (χ3v) is 6.28. The molecule has 2 nitrogen and oxygen atoms in total. The third kappa shape index (κ3) is 1.49. The Labute approximate surface area is 135 Å². The van der Waals surface area contributed by atoms with Crippen LogP contribution in [0.5, 0.6) is 0 Å². The summed E-state index contributed by atoms with van der Waals surface area (Å²) in [6.07, 6.45) is 0. The second-order valence-corrected chi connectivity index (χ2v) is 8.33. The number of hydrogen-bond acceptors (Lipinski definition) is 1. The largest absolute Gasteiger partial charge is 0.433 e. The highest BCUT2D eigenvalue weighted by Crippen LogP contribution is 2.61. The van der Waals surface area contributed by atoms with E-state index >= 15 is 0 Å². The molecule has 0 unspecified atom stereocenters. The lowest BCUT2D eigenvalue weighted by molar-refractivity contribution is -0.640. The minimum Gasteiger partial charge on any atom is -0.433 e. The summed E-state index contributed by atoms with van der Waals surface area (Å²) in [7, 11) is 0. The van der Waals surface area contributed by atoms with Gasteiger partial charge in [0.15, 0.2) is 11.6 Å². The zero-order chi connectivity index (χ0) is 16.5. The van der Waals surface area contributed by atoms with Crippen LogP contribution < -0.4 is 0 Å². The van der Waals surface area contributed by atoms with Crippen LogP contribution in [-0.2, 0) is 15.7 Å². The summed E-state index contributed by atoms with van der Waals surface area (Å²) >= 11 is 0. The lowest BCUT2D eigenvalue weighted by Gasteiger charge is -2.39. The minimum absolute atomic E-state index is 0.0257. The second-order valence-electron chi connectivity index (χ2n) is 8.33. The van der Waals surface area contributed by atoms with Gasteiger partial charge in [0.1, 0.15) is 0 Å². The maximum atomic E-state index is 6.75. The maximum absolute atomic E-state index is 6.75. The number of benzene rings is 1.